The fourth-order valence-corrected chi connectivity index (χ4v) is 11.6. The molecular weight excluding hydrogens is 268 g/mol. The van der Waals surface area contributed by atoms with E-state index in [-0.39, 0.29) is 0 Å². The zero-order valence-electron chi connectivity index (χ0n) is 14.5. The van der Waals surface area contributed by atoms with Crippen LogP contribution < -0.4 is 0 Å². The Labute approximate surface area is 109 Å². The molecule has 0 saturated heterocycles. The van der Waals surface area contributed by atoms with Crippen LogP contribution in [-0.4, -0.2) is 8.07 Å². The van der Waals surface area contributed by atoms with E-state index in [0.29, 0.717) is 5.92 Å². The van der Waals surface area contributed by atoms with Gasteiger partial charge in [0.25, 0.3) is 0 Å². The summed E-state index contributed by atoms with van der Waals surface area (Å²) in [5.41, 5.74) is 0. The number of rotatable bonds is 3. The van der Waals surface area contributed by atoms with Crippen LogP contribution in [-0.2, 0) is 11.5 Å². The molecule has 0 fully saturated rings. The van der Waals surface area contributed by atoms with Crippen LogP contribution in [0.1, 0.15) is 0 Å². The predicted octanol–water partition coefficient (Wildman–Crippen LogP) is 7.03. The normalized spacial score (nSPS) is 29.9. The first-order chi connectivity index (χ1) is 7.09. The Kier molecular flexibility index (Phi) is 2.17. The van der Waals surface area contributed by atoms with E-state index in [9.17, 15) is 0 Å². The van der Waals surface area contributed by atoms with Gasteiger partial charge < -0.3 is 0 Å². The molecule has 1 rings (SSSR count). The first kappa shape index (κ1) is 16.5. The standard InChI is InChI=1S/C9H15Si.7CH3.Ti/c1-10(2,3)8-9-6-4-5-7-9;;;;;;;;/h4-6,9H,8H2,1-3H3;7*1H3;. The van der Waals surface area contributed by atoms with Gasteiger partial charge in [0.2, 0.25) is 0 Å². The average molecular weight is 304 g/mol. The fraction of sp³-hybridized carbons (Fsp3) is 0.750. The minimum atomic E-state index is -3.94. The molecule has 0 bridgehead atoms. The van der Waals surface area contributed by atoms with Crippen molar-refractivity contribution < 1.29 is 11.5 Å². The first-order valence-electron chi connectivity index (χ1n) is 7.59. The van der Waals surface area contributed by atoms with Crippen LogP contribution in [0, 0.1) is 5.92 Å². The van der Waals surface area contributed by atoms with Crippen LogP contribution in [0.3, 0.4) is 0 Å². The molecule has 0 aromatic rings. The van der Waals surface area contributed by atoms with Gasteiger partial charge in [0.1, 0.15) is 0 Å². The maximum atomic E-state index is 2.57. The van der Waals surface area contributed by atoms with Crippen LogP contribution in [0.5, 0.6) is 0 Å². The molecule has 1 unspecified atom stereocenters. The SMILES string of the molecule is C[Si](C)(C)CC1C=CC=[C]1[Ti]([CH3])([CH3])([CH3])([CH3])([CH3])([CH3])[CH3]. The average Bonchev–Trinajstić information content (AvgIpc) is 2.23. The molecule has 0 aliphatic heterocycles. The summed E-state index contributed by atoms with van der Waals surface area (Å²) in [6.45, 7) is 7.46. The summed E-state index contributed by atoms with van der Waals surface area (Å²) < 4.78 is 1.73. The first-order valence-corrected chi connectivity index (χ1v) is 23.0. The molecule has 0 aromatic heterocycles. The van der Waals surface area contributed by atoms with Crippen LogP contribution in [0.2, 0.25) is 62.3 Å². The second-order valence-electron chi connectivity index (χ2n) is 16.6. The summed E-state index contributed by atoms with van der Waals surface area (Å²) in [7, 11) is -1.04. The molecule has 1 atom stereocenters. The molecule has 18 heavy (non-hydrogen) atoms. The van der Waals surface area contributed by atoms with Gasteiger partial charge in [-0.05, 0) is 0 Å². The van der Waals surface area contributed by atoms with E-state index in [1.54, 1.807) is 3.88 Å². The molecule has 108 valence electrons. The summed E-state index contributed by atoms with van der Waals surface area (Å²) in [6.07, 6.45) is 7.19. The van der Waals surface area contributed by atoms with E-state index >= 15 is 0 Å². The van der Waals surface area contributed by atoms with Crippen LogP contribution >= 0.6 is 0 Å². The second-order valence-corrected chi connectivity index (χ2v) is 61.3. The van der Waals surface area contributed by atoms with Crippen LogP contribution in [0.25, 0.3) is 0 Å². The third-order valence-corrected chi connectivity index (χ3v) is 12.7. The number of hydrogen-bond acceptors (Lipinski definition) is 0. The van der Waals surface area contributed by atoms with Crippen molar-refractivity contribution in [3.63, 3.8) is 0 Å². The number of allylic oxidation sites excluding steroid dienone is 4. The molecule has 0 radical (unpaired) electrons. The van der Waals surface area contributed by atoms with E-state index in [2.05, 4.69) is 74.5 Å². The third-order valence-electron chi connectivity index (χ3n) is 3.87. The van der Waals surface area contributed by atoms with Crippen molar-refractivity contribution in [2.45, 2.75) is 62.3 Å². The molecule has 2 heteroatoms. The van der Waals surface area contributed by atoms with E-state index in [1.807, 2.05) is 0 Å². The molecule has 1 aliphatic carbocycles. The van der Waals surface area contributed by atoms with Gasteiger partial charge in [0.05, 0.1) is 0 Å². The Morgan fingerprint density at radius 2 is 1.39 bits per heavy atom. The van der Waals surface area contributed by atoms with Crippen molar-refractivity contribution in [2.24, 2.45) is 5.92 Å². The topological polar surface area (TPSA) is 0 Å². The van der Waals surface area contributed by atoms with Crippen molar-refractivity contribution in [1.82, 2.24) is 0 Å². The van der Waals surface area contributed by atoms with E-state index < -0.39 is 19.5 Å². The molecule has 0 nitrogen and oxygen atoms in total. The quantitative estimate of drug-likeness (QED) is 0.491. The van der Waals surface area contributed by atoms with Crippen LogP contribution in [0.15, 0.2) is 22.1 Å². The maximum absolute atomic E-state index is 3.94. The van der Waals surface area contributed by atoms with Crippen molar-refractivity contribution in [3.05, 3.63) is 22.1 Å². The Bertz CT molecular complexity index is 458. The van der Waals surface area contributed by atoms with Gasteiger partial charge in [-0.3, -0.25) is 0 Å². The van der Waals surface area contributed by atoms with Crippen molar-refractivity contribution in [1.29, 1.82) is 0 Å². The predicted molar refractivity (Wildman–Crippen MR) is 89.9 cm³/mol. The molecule has 0 saturated carbocycles. The van der Waals surface area contributed by atoms with Crippen molar-refractivity contribution in [3.8, 4) is 0 Å². The zero-order valence-corrected chi connectivity index (χ0v) is 17.1. The molecule has 1 aliphatic rings. The van der Waals surface area contributed by atoms with Gasteiger partial charge in [-0.25, -0.2) is 0 Å². The van der Waals surface area contributed by atoms with Gasteiger partial charge in [0, 0.05) is 0 Å². The van der Waals surface area contributed by atoms with Crippen molar-refractivity contribution in [2.75, 3.05) is 0 Å². The summed E-state index contributed by atoms with van der Waals surface area (Å²) in [5.74, 6) is 0.668. The Balaban J connectivity index is 3.41. The van der Waals surface area contributed by atoms with Crippen molar-refractivity contribution >= 4 is 8.07 Å². The molecule has 0 spiro atoms. The number of hydrogen-bond donors (Lipinski definition) is 0. The molecule has 0 heterocycles. The molecule has 0 aromatic carbocycles. The summed E-state index contributed by atoms with van der Waals surface area (Å²) in [5, 5.41) is 18.0. The molecule has 0 N–H and O–H groups in total. The fourth-order valence-electron chi connectivity index (χ4n) is 3.24. The summed E-state index contributed by atoms with van der Waals surface area (Å²) >= 11 is -3.94. The zero-order chi connectivity index (χ0) is 14.8. The van der Waals surface area contributed by atoms with Gasteiger partial charge >= 0.3 is 110 Å². The molecular formula is C16H36SiTi. The Hall–Kier alpha value is 0.411. The summed E-state index contributed by atoms with van der Waals surface area (Å²) in [6, 6.07) is 1.38. The summed E-state index contributed by atoms with van der Waals surface area (Å²) in [4.78, 5) is 0. The third kappa shape index (κ3) is 4.51. The van der Waals surface area contributed by atoms with Crippen LogP contribution in [0.4, 0.5) is 0 Å². The van der Waals surface area contributed by atoms with Gasteiger partial charge in [-0.15, -0.1) is 0 Å². The molecule has 0 amide bonds. The van der Waals surface area contributed by atoms with Gasteiger partial charge in [-0.1, -0.05) is 0 Å². The van der Waals surface area contributed by atoms with Gasteiger partial charge in [0.15, 0.2) is 0 Å². The van der Waals surface area contributed by atoms with E-state index in [1.165, 1.54) is 6.04 Å². The Morgan fingerprint density at radius 3 is 1.72 bits per heavy atom. The second kappa shape index (κ2) is 2.38. The monoisotopic (exact) mass is 304 g/mol. The van der Waals surface area contributed by atoms with E-state index in [4.69, 9.17) is 0 Å². The van der Waals surface area contributed by atoms with Gasteiger partial charge in [-0.2, -0.15) is 0 Å². The Morgan fingerprint density at radius 1 is 0.944 bits per heavy atom. The minimum absolute atomic E-state index is 0.668. The van der Waals surface area contributed by atoms with E-state index in [0.717, 1.165) is 0 Å².